The van der Waals surface area contributed by atoms with Gasteiger partial charge in [-0.15, -0.1) is 0 Å². The van der Waals surface area contributed by atoms with Crippen molar-refractivity contribution < 1.29 is 14.3 Å². The van der Waals surface area contributed by atoms with Crippen molar-refractivity contribution in [1.29, 1.82) is 0 Å². The van der Waals surface area contributed by atoms with Gasteiger partial charge in [0.15, 0.2) is 0 Å². The number of aromatic hydroxyl groups is 1. The molecule has 0 fully saturated rings. The van der Waals surface area contributed by atoms with Gasteiger partial charge >= 0.3 is 5.63 Å². The predicted molar refractivity (Wildman–Crippen MR) is 115 cm³/mol. The van der Waals surface area contributed by atoms with E-state index in [-0.39, 0.29) is 5.75 Å². The number of ether oxygens (including phenoxy) is 1. The van der Waals surface area contributed by atoms with Crippen molar-refractivity contribution in [3.8, 4) is 11.5 Å². The van der Waals surface area contributed by atoms with Crippen LogP contribution in [0.5, 0.6) is 11.5 Å². The second kappa shape index (κ2) is 7.60. The zero-order chi connectivity index (χ0) is 20.5. The first-order valence-corrected chi connectivity index (χ1v) is 9.45. The molecule has 1 aromatic heterocycles. The number of methoxy groups -OCH3 is 1. The predicted octanol–water partition coefficient (Wildman–Crippen LogP) is 4.60. The molecule has 0 radical (unpaired) electrons. The van der Waals surface area contributed by atoms with Gasteiger partial charge in [-0.1, -0.05) is 18.2 Å². The number of hydrogen-bond acceptors (Lipinski definition) is 5. The Hall–Kier alpha value is -3.31. The second-order valence-corrected chi connectivity index (χ2v) is 7.40. The number of phenolic OH excluding ortho intramolecular Hbond substituents is 1. The molecule has 1 N–H and O–H groups in total. The minimum atomic E-state index is -0.408. The van der Waals surface area contributed by atoms with E-state index in [1.54, 1.807) is 26.2 Å². The third kappa shape index (κ3) is 3.82. The molecule has 0 amide bonds. The van der Waals surface area contributed by atoms with Crippen molar-refractivity contribution in [2.45, 2.75) is 20.0 Å². The third-order valence-electron chi connectivity index (χ3n) is 5.22. The highest BCUT2D eigenvalue weighted by atomic mass is 16.5. The summed E-state index contributed by atoms with van der Waals surface area (Å²) in [5.74, 6) is 0.970. The van der Waals surface area contributed by atoms with Crippen LogP contribution >= 0.6 is 0 Å². The Bertz CT molecular complexity index is 1260. The molecule has 0 spiro atoms. The Morgan fingerprint density at radius 2 is 1.76 bits per heavy atom. The maximum Gasteiger partial charge on any atom is 0.336 e. The van der Waals surface area contributed by atoms with E-state index in [2.05, 4.69) is 29.2 Å². The first-order chi connectivity index (χ1) is 13.9. The molecule has 0 saturated heterocycles. The molecule has 1 heterocycles. The smallest absolute Gasteiger partial charge is 0.336 e. The van der Waals surface area contributed by atoms with Crippen molar-refractivity contribution in [2.75, 3.05) is 14.2 Å². The molecule has 5 heteroatoms. The first-order valence-electron chi connectivity index (χ1n) is 9.45. The highest BCUT2D eigenvalue weighted by Gasteiger charge is 2.12. The van der Waals surface area contributed by atoms with Crippen molar-refractivity contribution in [3.05, 3.63) is 81.7 Å². The Morgan fingerprint density at radius 3 is 2.55 bits per heavy atom. The van der Waals surface area contributed by atoms with E-state index >= 15 is 0 Å². The van der Waals surface area contributed by atoms with Crippen LogP contribution in [0.4, 0.5) is 0 Å². The molecular weight excluding hydrogens is 366 g/mol. The van der Waals surface area contributed by atoms with Crippen LogP contribution in [0.2, 0.25) is 0 Å². The van der Waals surface area contributed by atoms with Crippen LogP contribution in [-0.2, 0) is 13.1 Å². The molecule has 4 rings (SSSR count). The van der Waals surface area contributed by atoms with Gasteiger partial charge in [0.1, 0.15) is 17.1 Å². The summed E-state index contributed by atoms with van der Waals surface area (Å²) in [7, 11) is 3.69. The molecule has 4 aromatic rings. The standard InChI is InChI=1S/C24H23NO4/c1-15-22(26)9-8-21-19(12-23(27)29-24(15)21)14-25(2)13-16-4-5-18-11-20(28-3)7-6-17(18)10-16/h4-12,26H,13-14H2,1-3H3. The quantitative estimate of drug-likeness (QED) is 0.506. The van der Waals surface area contributed by atoms with E-state index in [1.165, 1.54) is 11.6 Å². The summed E-state index contributed by atoms with van der Waals surface area (Å²) >= 11 is 0. The lowest BCUT2D eigenvalue weighted by atomic mass is 10.0. The van der Waals surface area contributed by atoms with Crippen molar-refractivity contribution >= 4 is 21.7 Å². The summed E-state index contributed by atoms with van der Waals surface area (Å²) in [4.78, 5) is 14.2. The van der Waals surface area contributed by atoms with Crippen LogP contribution in [0, 0.1) is 6.92 Å². The molecule has 0 unspecified atom stereocenters. The lowest BCUT2D eigenvalue weighted by molar-refractivity contribution is 0.319. The van der Waals surface area contributed by atoms with Gasteiger partial charge in [-0.25, -0.2) is 4.79 Å². The molecular formula is C24H23NO4. The molecule has 29 heavy (non-hydrogen) atoms. The zero-order valence-corrected chi connectivity index (χ0v) is 16.7. The van der Waals surface area contributed by atoms with Gasteiger partial charge in [0.2, 0.25) is 0 Å². The van der Waals surface area contributed by atoms with Crippen LogP contribution in [-0.4, -0.2) is 24.2 Å². The van der Waals surface area contributed by atoms with E-state index in [0.29, 0.717) is 17.7 Å². The third-order valence-corrected chi connectivity index (χ3v) is 5.22. The summed E-state index contributed by atoms with van der Waals surface area (Å²) in [6, 6.07) is 17.4. The normalized spacial score (nSPS) is 11.4. The minimum absolute atomic E-state index is 0.124. The summed E-state index contributed by atoms with van der Waals surface area (Å²) in [5, 5.41) is 13.1. The first kappa shape index (κ1) is 19.0. The van der Waals surface area contributed by atoms with E-state index in [1.807, 2.05) is 19.2 Å². The topological polar surface area (TPSA) is 62.9 Å². The summed E-state index contributed by atoms with van der Waals surface area (Å²) < 4.78 is 10.6. The van der Waals surface area contributed by atoms with Crippen molar-refractivity contribution in [1.82, 2.24) is 4.90 Å². The van der Waals surface area contributed by atoms with Crippen molar-refractivity contribution in [2.24, 2.45) is 0 Å². The molecule has 0 aliphatic rings. The van der Waals surface area contributed by atoms with Gasteiger partial charge in [-0.3, -0.25) is 4.90 Å². The highest BCUT2D eigenvalue weighted by molar-refractivity contribution is 5.85. The Morgan fingerprint density at radius 1 is 1.00 bits per heavy atom. The second-order valence-electron chi connectivity index (χ2n) is 7.40. The lowest BCUT2D eigenvalue weighted by Crippen LogP contribution is -2.18. The summed E-state index contributed by atoms with van der Waals surface area (Å²) in [6.45, 7) is 3.08. The Kier molecular flexibility index (Phi) is 4.99. The van der Waals surface area contributed by atoms with Gasteiger partial charge in [-0.05, 0) is 66.2 Å². The molecule has 0 aliphatic carbocycles. The SMILES string of the molecule is COc1ccc2cc(CN(C)Cc3cc(=O)oc4c(C)c(O)ccc34)ccc2c1. The van der Waals surface area contributed by atoms with Crippen LogP contribution in [0.25, 0.3) is 21.7 Å². The van der Waals surface area contributed by atoms with Gasteiger partial charge in [0, 0.05) is 30.1 Å². The zero-order valence-electron chi connectivity index (χ0n) is 16.7. The molecule has 0 bridgehead atoms. The number of fused-ring (bicyclic) bond motifs is 2. The average Bonchev–Trinajstić information content (AvgIpc) is 2.70. The number of aryl methyl sites for hydroxylation is 1. The molecule has 5 nitrogen and oxygen atoms in total. The largest absolute Gasteiger partial charge is 0.508 e. The Balaban J connectivity index is 1.60. The molecule has 3 aromatic carbocycles. The van der Waals surface area contributed by atoms with Gasteiger partial charge in [-0.2, -0.15) is 0 Å². The maximum absolute atomic E-state index is 12.0. The number of nitrogens with zero attached hydrogens (tertiary/aromatic N) is 1. The van der Waals surface area contributed by atoms with Crippen LogP contribution in [0.3, 0.4) is 0 Å². The van der Waals surface area contributed by atoms with Crippen LogP contribution in [0.15, 0.2) is 63.8 Å². The van der Waals surface area contributed by atoms with Crippen LogP contribution < -0.4 is 10.4 Å². The maximum atomic E-state index is 12.0. The molecule has 0 saturated carbocycles. The summed E-state index contributed by atoms with van der Waals surface area (Å²) in [5.41, 5.74) is 2.68. The summed E-state index contributed by atoms with van der Waals surface area (Å²) in [6.07, 6.45) is 0. The van der Waals surface area contributed by atoms with Gasteiger partial charge in [0.25, 0.3) is 0 Å². The van der Waals surface area contributed by atoms with E-state index in [0.717, 1.165) is 34.0 Å². The minimum Gasteiger partial charge on any atom is -0.508 e. The van der Waals surface area contributed by atoms with Gasteiger partial charge in [0.05, 0.1) is 7.11 Å². The number of hydrogen-bond donors (Lipinski definition) is 1. The Labute approximate surface area is 168 Å². The monoisotopic (exact) mass is 389 g/mol. The fourth-order valence-corrected chi connectivity index (χ4v) is 3.70. The fraction of sp³-hybridized carbons (Fsp3) is 0.208. The van der Waals surface area contributed by atoms with Crippen LogP contribution in [0.1, 0.15) is 16.7 Å². The van der Waals surface area contributed by atoms with E-state index < -0.39 is 5.63 Å². The van der Waals surface area contributed by atoms with Gasteiger partial charge < -0.3 is 14.3 Å². The fourth-order valence-electron chi connectivity index (χ4n) is 3.70. The number of phenols is 1. The molecule has 148 valence electrons. The van der Waals surface area contributed by atoms with E-state index in [4.69, 9.17) is 9.15 Å². The molecule has 0 atom stereocenters. The molecule has 0 aliphatic heterocycles. The van der Waals surface area contributed by atoms with Crippen molar-refractivity contribution in [3.63, 3.8) is 0 Å². The van der Waals surface area contributed by atoms with E-state index in [9.17, 15) is 9.90 Å². The number of benzene rings is 3. The lowest BCUT2D eigenvalue weighted by Gasteiger charge is -2.18. The highest BCUT2D eigenvalue weighted by Crippen LogP contribution is 2.28. The number of rotatable bonds is 5. The average molecular weight is 389 g/mol.